The third kappa shape index (κ3) is 5.60. The van der Waals surface area contributed by atoms with E-state index in [1.54, 1.807) is 0 Å². The molecule has 0 radical (unpaired) electrons. The molecular weight excluding hydrogens is 455 g/mol. The number of hydrogen-bond acceptors (Lipinski definition) is 0. The van der Waals surface area contributed by atoms with Crippen molar-refractivity contribution in [2.24, 2.45) is 0 Å². The van der Waals surface area contributed by atoms with Crippen LogP contribution in [-0.4, -0.2) is 0 Å². The van der Waals surface area contributed by atoms with E-state index in [0.717, 1.165) is 0 Å². The van der Waals surface area contributed by atoms with Gasteiger partial charge in [-0.1, -0.05) is 103 Å². The topological polar surface area (TPSA) is 0 Å². The summed E-state index contributed by atoms with van der Waals surface area (Å²) in [6.45, 7) is 2.32. The second-order valence-corrected chi connectivity index (χ2v) is 6.61. The fraction of sp³-hybridized carbons (Fsp3) is 0.0800. The minimum Gasteiger partial charge on any atom is -1.00 e. The van der Waals surface area contributed by atoms with Crippen LogP contribution in [0.25, 0.3) is 11.1 Å². The van der Waals surface area contributed by atoms with Gasteiger partial charge in [0.1, 0.15) is 0 Å². The van der Waals surface area contributed by atoms with Crippen LogP contribution >= 0.6 is 0 Å². The predicted molar refractivity (Wildman–Crippen MR) is 106 cm³/mol. The van der Waals surface area contributed by atoms with Gasteiger partial charge in [0.05, 0.1) is 0 Å². The summed E-state index contributed by atoms with van der Waals surface area (Å²) >= 11 is 0. The molecule has 0 aliphatic heterocycles. The maximum absolute atomic E-state index is 2.33. The standard InChI is InChI=1S/C25H21.3ClH.Ti/c1-25(22-13-7-3-8-14-22,23-15-9-4-10-16-23)24-18-17-21(19-24)20-11-5-2-6-12-20;;;;/h2-19H,1H3;3*1H;/q-1;;;;+4/p-3. The third-order valence-corrected chi connectivity index (χ3v) is 5.14. The number of rotatable bonds is 4. The van der Waals surface area contributed by atoms with E-state index < -0.39 is 0 Å². The van der Waals surface area contributed by atoms with Gasteiger partial charge in [-0.05, 0) is 16.5 Å². The molecule has 0 saturated heterocycles. The molecule has 0 fully saturated rings. The van der Waals surface area contributed by atoms with E-state index in [9.17, 15) is 0 Å². The van der Waals surface area contributed by atoms with Gasteiger partial charge in [-0.25, -0.2) is 6.07 Å². The van der Waals surface area contributed by atoms with Gasteiger partial charge in [-0.15, -0.1) is 5.56 Å². The molecule has 0 aliphatic carbocycles. The average molecular weight is 476 g/mol. The van der Waals surface area contributed by atoms with Gasteiger partial charge in [0.25, 0.3) is 0 Å². The minimum atomic E-state index is -0.171. The predicted octanol–water partition coefficient (Wildman–Crippen LogP) is -2.56. The molecule has 0 amide bonds. The maximum atomic E-state index is 2.33. The zero-order valence-corrected chi connectivity index (χ0v) is 19.9. The van der Waals surface area contributed by atoms with Crippen LogP contribution in [-0.2, 0) is 27.1 Å². The van der Waals surface area contributed by atoms with Crippen molar-refractivity contribution < 1.29 is 58.9 Å². The third-order valence-electron chi connectivity index (χ3n) is 5.14. The Bertz CT molecular complexity index is 912. The summed E-state index contributed by atoms with van der Waals surface area (Å²) in [4.78, 5) is 0. The zero-order chi connectivity index (χ0) is 17.1. The van der Waals surface area contributed by atoms with Crippen molar-refractivity contribution in [1.82, 2.24) is 0 Å². The molecule has 4 aromatic carbocycles. The Hall–Kier alpha value is -1.41. The Balaban J connectivity index is 0.00000196. The maximum Gasteiger partial charge on any atom is 4.00 e. The average Bonchev–Trinajstić information content (AvgIpc) is 3.20. The van der Waals surface area contributed by atoms with Gasteiger partial charge in [0, 0.05) is 0 Å². The fourth-order valence-corrected chi connectivity index (χ4v) is 3.61. The summed E-state index contributed by atoms with van der Waals surface area (Å²) in [6.07, 6.45) is 0. The molecule has 0 atom stereocenters. The first-order valence-electron chi connectivity index (χ1n) is 8.72. The molecule has 0 nitrogen and oxygen atoms in total. The van der Waals surface area contributed by atoms with Gasteiger partial charge in [-0.3, -0.25) is 0 Å². The number of halogens is 3. The van der Waals surface area contributed by atoms with Crippen molar-refractivity contribution in [2.75, 3.05) is 0 Å². The van der Waals surface area contributed by atoms with Gasteiger partial charge in [-0.2, -0.15) is 17.7 Å². The molecule has 4 aromatic rings. The van der Waals surface area contributed by atoms with Crippen molar-refractivity contribution >= 4 is 0 Å². The van der Waals surface area contributed by atoms with E-state index in [1.807, 2.05) is 0 Å². The van der Waals surface area contributed by atoms with Crippen molar-refractivity contribution in [2.45, 2.75) is 12.3 Å². The van der Waals surface area contributed by atoms with E-state index >= 15 is 0 Å². The van der Waals surface area contributed by atoms with Gasteiger partial charge in [0.15, 0.2) is 0 Å². The molecule has 4 rings (SSSR count). The summed E-state index contributed by atoms with van der Waals surface area (Å²) in [6, 6.07) is 39.0. The van der Waals surface area contributed by atoms with Crippen LogP contribution in [0, 0.1) is 0 Å². The molecule has 0 heterocycles. The molecule has 29 heavy (non-hydrogen) atoms. The fourth-order valence-electron chi connectivity index (χ4n) is 3.61. The Kier molecular flexibility index (Phi) is 11.7. The van der Waals surface area contributed by atoms with Crippen LogP contribution in [0.3, 0.4) is 0 Å². The van der Waals surface area contributed by atoms with Crippen LogP contribution in [0.5, 0.6) is 0 Å². The monoisotopic (exact) mass is 474 g/mol. The summed E-state index contributed by atoms with van der Waals surface area (Å²) < 4.78 is 0. The molecule has 0 aliphatic rings. The molecule has 4 heteroatoms. The molecule has 146 valence electrons. The largest absolute Gasteiger partial charge is 4.00 e. The quantitative estimate of drug-likeness (QED) is 0.225. The van der Waals surface area contributed by atoms with Gasteiger partial charge < -0.3 is 37.2 Å². The first-order chi connectivity index (χ1) is 12.3. The van der Waals surface area contributed by atoms with E-state index in [-0.39, 0.29) is 64.4 Å². The Labute approximate surface area is 207 Å². The van der Waals surface area contributed by atoms with E-state index in [0.29, 0.717) is 0 Å². The molecular formula is C25H21Cl3Ti. The number of hydrogen-bond donors (Lipinski definition) is 0. The van der Waals surface area contributed by atoms with Crippen LogP contribution < -0.4 is 37.2 Å². The SMILES string of the molecule is CC(c1ccccc1)(c1ccccc1)[c-]1ccc(-c2ccccc2)c1.[Cl-].[Cl-].[Cl-].[Ti+4]. The second kappa shape index (κ2) is 12.3. The molecule has 0 unspecified atom stereocenters. The first-order valence-corrected chi connectivity index (χ1v) is 8.72. The summed E-state index contributed by atoms with van der Waals surface area (Å²) in [5.41, 5.74) is 6.31. The van der Waals surface area contributed by atoms with Crippen molar-refractivity contribution in [3.8, 4) is 11.1 Å². The van der Waals surface area contributed by atoms with Crippen LogP contribution in [0.1, 0.15) is 23.6 Å². The summed E-state index contributed by atoms with van der Waals surface area (Å²) in [7, 11) is 0. The van der Waals surface area contributed by atoms with E-state index in [2.05, 4.69) is 116 Å². The molecule has 0 saturated carbocycles. The zero-order valence-electron chi connectivity index (χ0n) is 16.0. The van der Waals surface area contributed by atoms with Gasteiger partial charge >= 0.3 is 21.7 Å². The summed E-state index contributed by atoms with van der Waals surface area (Å²) in [5.74, 6) is 0. The molecule has 0 bridgehead atoms. The molecule has 0 N–H and O–H groups in total. The van der Waals surface area contributed by atoms with Crippen LogP contribution in [0.2, 0.25) is 0 Å². The smallest absolute Gasteiger partial charge is 1.00 e. The van der Waals surface area contributed by atoms with Gasteiger partial charge in [0.2, 0.25) is 0 Å². The molecule has 0 spiro atoms. The second-order valence-electron chi connectivity index (χ2n) is 6.61. The Morgan fingerprint density at radius 2 is 0.966 bits per heavy atom. The van der Waals surface area contributed by atoms with Crippen molar-refractivity contribution in [1.29, 1.82) is 0 Å². The van der Waals surface area contributed by atoms with E-state index in [1.165, 1.54) is 27.8 Å². The van der Waals surface area contributed by atoms with Crippen molar-refractivity contribution in [3.05, 3.63) is 126 Å². The Morgan fingerprint density at radius 1 is 0.552 bits per heavy atom. The minimum absolute atomic E-state index is 0. The van der Waals surface area contributed by atoms with E-state index in [4.69, 9.17) is 0 Å². The number of benzene rings is 3. The molecule has 0 aromatic heterocycles. The Morgan fingerprint density at radius 3 is 1.41 bits per heavy atom. The first kappa shape index (κ1) is 27.6. The van der Waals surface area contributed by atoms with Crippen LogP contribution in [0.4, 0.5) is 0 Å². The van der Waals surface area contributed by atoms with Crippen LogP contribution in [0.15, 0.2) is 109 Å². The normalized spacial score (nSPS) is 9.83. The van der Waals surface area contributed by atoms with Crippen molar-refractivity contribution in [3.63, 3.8) is 0 Å². The summed E-state index contributed by atoms with van der Waals surface area (Å²) in [5, 5.41) is 0.